The van der Waals surface area contributed by atoms with Gasteiger partial charge in [0.25, 0.3) is 0 Å². The van der Waals surface area contributed by atoms with E-state index in [0.29, 0.717) is 6.42 Å². The Morgan fingerprint density at radius 3 is 2.71 bits per heavy atom. The third kappa shape index (κ3) is 5.31. The number of benzene rings is 1. The van der Waals surface area contributed by atoms with Crippen molar-refractivity contribution in [3.8, 4) is 0 Å². The van der Waals surface area contributed by atoms with Gasteiger partial charge >= 0.3 is 0 Å². The van der Waals surface area contributed by atoms with Gasteiger partial charge in [0.1, 0.15) is 0 Å². The summed E-state index contributed by atoms with van der Waals surface area (Å²) in [5, 5.41) is 3.02. The molecule has 1 N–H and O–H groups in total. The van der Waals surface area contributed by atoms with Gasteiger partial charge in [-0.3, -0.25) is 4.79 Å². The van der Waals surface area contributed by atoms with E-state index in [4.69, 9.17) is 0 Å². The zero-order valence-corrected chi connectivity index (χ0v) is 10.5. The molecule has 0 aliphatic rings. The minimum absolute atomic E-state index is 0.146. The van der Waals surface area contributed by atoms with E-state index in [1.54, 1.807) is 4.90 Å². The second kappa shape index (κ2) is 7.63. The maximum atomic E-state index is 11.7. The molecular weight excluding hydrogens is 212 g/mol. The number of carbonyl (C=O) groups excluding carboxylic acids is 1. The Kier molecular flexibility index (Phi) is 6.04. The molecule has 3 heteroatoms. The zero-order valence-electron chi connectivity index (χ0n) is 10.5. The highest BCUT2D eigenvalue weighted by molar-refractivity contribution is 5.78. The molecule has 17 heavy (non-hydrogen) atoms. The normalized spacial score (nSPS) is 10.7. The molecule has 0 aliphatic heterocycles. The van der Waals surface area contributed by atoms with Crippen molar-refractivity contribution in [3.05, 3.63) is 42.0 Å². The molecule has 0 saturated heterocycles. The lowest BCUT2D eigenvalue weighted by molar-refractivity contribution is -0.128. The number of nitrogens with one attached hydrogen (secondary N) is 1. The summed E-state index contributed by atoms with van der Waals surface area (Å²) in [6, 6.07) is 9.99. The van der Waals surface area contributed by atoms with Gasteiger partial charge in [0.2, 0.25) is 5.91 Å². The second-order valence-electron chi connectivity index (χ2n) is 3.94. The molecule has 1 amide bonds. The van der Waals surface area contributed by atoms with Crippen molar-refractivity contribution in [3.63, 3.8) is 0 Å². The predicted octanol–water partition coefficient (Wildman–Crippen LogP) is 1.77. The van der Waals surface area contributed by atoms with Crippen LogP contribution in [-0.2, 0) is 4.79 Å². The minimum atomic E-state index is 0.146. The SMILES string of the molecule is CNCCN(C)C(=O)C/C=C/c1ccccc1. The summed E-state index contributed by atoms with van der Waals surface area (Å²) < 4.78 is 0. The predicted molar refractivity (Wildman–Crippen MR) is 71.7 cm³/mol. The minimum Gasteiger partial charge on any atom is -0.344 e. The van der Waals surface area contributed by atoms with E-state index in [1.807, 2.05) is 56.6 Å². The molecule has 0 unspecified atom stereocenters. The molecular formula is C14H20N2O. The number of hydrogen-bond donors (Lipinski definition) is 1. The van der Waals surface area contributed by atoms with Gasteiger partial charge in [-0.2, -0.15) is 0 Å². The topological polar surface area (TPSA) is 32.3 Å². The Hall–Kier alpha value is -1.61. The van der Waals surface area contributed by atoms with Gasteiger partial charge in [0.15, 0.2) is 0 Å². The summed E-state index contributed by atoms with van der Waals surface area (Å²) in [6.07, 6.45) is 4.34. The molecule has 0 heterocycles. The van der Waals surface area contributed by atoms with E-state index < -0.39 is 0 Å². The van der Waals surface area contributed by atoms with E-state index in [1.165, 1.54) is 0 Å². The van der Waals surface area contributed by atoms with Crippen LogP contribution in [0.4, 0.5) is 0 Å². The number of nitrogens with zero attached hydrogens (tertiary/aromatic N) is 1. The second-order valence-corrected chi connectivity index (χ2v) is 3.94. The highest BCUT2D eigenvalue weighted by atomic mass is 16.2. The summed E-state index contributed by atoms with van der Waals surface area (Å²) in [5.41, 5.74) is 1.12. The van der Waals surface area contributed by atoms with Crippen LogP contribution in [0.1, 0.15) is 12.0 Å². The lowest BCUT2D eigenvalue weighted by Crippen LogP contribution is -2.32. The molecule has 0 saturated carbocycles. The largest absolute Gasteiger partial charge is 0.344 e. The van der Waals surface area contributed by atoms with Crippen molar-refractivity contribution < 1.29 is 4.79 Å². The molecule has 0 atom stereocenters. The first-order valence-electron chi connectivity index (χ1n) is 5.84. The molecule has 0 aliphatic carbocycles. The molecule has 0 spiro atoms. The van der Waals surface area contributed by atoms with Gasteiger partial charge in [-0.25, -0.2) is 0 Å². The third-order valence-electron chi connectivity index (χ3n) is 2.53. The Bertz CT molecular complexity index is 360. The van der Waals surface area contributed by atoms with E-state index in [9.17, 15) is 4.79 Å². The highest BCUT2D eigenvalue weighted by Gasteiger charge is 2.04. The monoisotopic (exact) mass is 232 g/mol. The van der Waals surface area contributed by atoms with E-state index in [2.05, 4.69) is 5.32 Å². The summed E-state index contributed by atoms with van der Waals surface area (Å²) >= 11 is 0. The maximum Gasteiger partial charge on any atom is 0.226 e. The Labute approximate surface area is 103 Å². The summed E-state index contributed by atoms with van der Waals surface area (Å²) in [7, 11) is 3.71. The number of hydrogen-bond acceptors (Lipinski definition) is 2. The standard InChI is InChI=1S/C14H20N2O/c1-15-11-12-16(2)14(17)10-6-9-13-7-4-3-5-8-13/h3-9,15H,10-12H2,1-2H3/b9-6+. The Morgan fingerprint density at radius 2 is 2.06 bits per heavy atom. The molecule has 3 nitrogen and oxygen atoms in total. The van der Waals surface area contributed by atoms with E-state index in [-0.39, 0.29) is 5.91 Å². The quantitative estimate of drug-likeness (QED) is 0.810. The molecule has 1 aromatic rings. The van der Waals surface area contributed by atoms with Crippen LogP contribution >= 0.6 is 0 Å². The van der Waals surface area contributed by atoms with Crippen LogP contribution in [-0.4, -0.2) is 38.0 Å². The van der Waals surface area contributed by atoms with Crippen LogP contribution in [0.2, 0.25) is 0 Å². The van der Waals surface area contributed by atoms with Crippen molar-refractivity contribution in [2.24, 2.45) is 0 Å². The van der Waals surface area contributed by atoms with Crippen LogP contribution in [0.3, 0.4) is 0 Å². The van der Waals surface area contributed by atoms with Gasteiger partial charge in [0, 0.05) is 26.6 Å². The first kappa shape index (κ1) is 13.5. The van der Waals surface area contributed by atoms with Crippen LogP contribution in [0.25, 0.3) is 6.08 Å². The summed E-state index contributed by atoms with van der Waals surface area (Å²) in [5.74, 6) is 0.146. The summed E-state index contributed by atoms with van der Waals surface area (Å²) in [4.78, 5) is 13.4. The van der Waals surface area contributed by atoms with Gasteiger partial charge < -0.3 is 10.2 Å². The molecule has 1 rings (SSSR count). The first-order chi connectivity index (χ1) is 8.24. The van der Waals surface area contributed by atoms with Crippen LogP contribution in [0.5, 0.6) is 0 Å². The smallest absolute Gasteiger partial charge is 0.226 e. The molecule has 0 aromatic heterocycles. The van der Waals surface area contributed by atoms with Crippen LogP contribution in [0.15, 0.2) is 36.4 Å². The van der Waals surface area contributed by atoms with Crippen molar-refractivity contribution in [1.82, 2.24) is 10.2 Å². The average Bonchev–Trinajstić information content (AvgIpc) is 2.37. The highest BCUT2D eigenvalue weighted by Crippen LogP contribution is 2.02. The van der Waals surface area contributed by atoms with Gasteiger partial charge in [-0.15, -0.1) is 0 Å². The zero-order chi connectivity index (χ0) is 12.5. The Morgan fingerprint density at radius 1 is 1.35 bits per heavy atom. The molecule has 92 valence electrons. The lowest BCUT2D eigenvalue weighted by Gasteiger charge is -2.15. The van der Waals surface area contributed by atoms with Crippen molar-refractivity contribution in [2.45, 2.75) is 6.42 Å². The fraction of sp³-hybridized carbons (Fsp3) is 0.357. The number of rotatable bonds is 6. The first-order valence-corrected chi connectivity index (χ1v) is 5.84. The molecule has 1 aromatic carbocycles. The van der Waals surface area contributed by atoms with E-state index >= 15 is 0 Å². The van der Waals surface area contributed by atoms with Gasteiger partial charge in [-0.1, -0.05) is 42.5 Å². The molecule has 0 bridgehead atoms. The maximum absolute atomic E-state index is 11.7. The average molecular weight is 232 g/mol. The van der Waals surface area contributed by atoms with Gasteiger partial charge in [-0.05, 0) is 12.6 Å². The van der Waals surface area contributed by atoms with Crippen molar-refractivity contribution in [1.29, 1.82) is 0 Å². The van der Waals surface area contributed by atoms with Crippen molar-refractivity contribution >= 4 is 12.0 Å². The van der Waals surface area contributed by atoms with Gasteiger partial charge in [0.05, 0.1) is 0 Å². The fourth-order valence-electron chi connectivity index (χ4n) is 1.42. The number of carbonyl (C=O) groups is 1. The fourth-order valence-corrected chi connectivity index (χ4v) is 1.42. The van der Waals surface area contributed by atoms with Crippen LogP contribution in [0, 0.1) is 0 Å². The Balaban J connectivity index is 2.35. The summed E-state index contributed by atoms with van der Waals surface area (Å²) in [6.45, 7) is 1.57. The van der Waals surface area contributed by atoms with Crippen LogP contribution < -0.4 is 5.32 Å². The number of likely N-dealkylation sites (N-methyl/N-ethyl adjacent to an activating group) is 2. The third-order valence-corrected chi connectivity index (χ3v) is 2.53. The number of amides is 1. The molecule has 0 fully saturated rings. The van der Waals surface area contributed by atoms with E-state index in [0.717, 1.165) is 18.7 Å². The van der Waals surface area contributed by atoms with Crippen molar-refractivity contribution in [2.75, 3.05) is 27.2 Å². The lowest BCUT2D eigenvalue weighted by atomic mass is 10.2. The molecule has 0 radical (unpaired) electrons.